The molecule has 0 amide bonds. The minimum Gasteiger partial charge on any atom is -0.369 e. The van der Waals surface area contributed by atoms with Crippen LogP contribution in [0.3, 0.4) is 0 Å². The van der Waals surface area contributed by atoms with Gasteiger partial charge in [-0.15, -0.1) is 0 Å². The van der Waals surface area contributed by atoms with Crippen molar-refractivity contribution in [2.24, 2.45) is 0 Å². The maximum Gasteiger partial charge on any atom is 0.103 e. The molecule has 0 N–H and O–H groups in total. The summed E-state index contributed by atoms with van der Waals surface area (Å²) in [5.74, 6) is 1.33. The molecule has 1 aliphatic rings. The Labute approximate surface area is 102 Å². The third kappa shape index (κ3) is 2.21. The maximum atomic E-state index is 11.3. The number of hydrogen-bond donors (Lipinski definition) is 0. The Kier molecular flexibility index (Phi) is 3.47. The monoisotopic (exact) mass is 254 g/mol. The lowest BCUT2D eigenvalue weighted by molar-refractivity contribution is 0.673. The number of rotatable bonds is 1. The molecule has 0 bridgehead atoms. The van der Waals surface area contributed by atoms with Gasteiger partial charge in [-0.3, -0.25) is 4.21 Å². The molecule has 0 aromatic heterocycles. The number of hydrogen-bond acceptors (Lipinski definition) is 3. The molecule has 0 saturated carbocycles. The van der Waals surface area contributed by atoms with Crippen LogP contribution in [0, 0.1) is 11.3 Å². The average Bonchev–Trinajstić information content (AvgIpc) is 2.30. The summed E-state index contributed by atoms with van der Waals surface area (Å²) >= 11 is 5.97. The second-order valence-electron chi connectivity index (χ2n) is 3.58. The summed E-state index contributed by atoms with van der Waals surface area (Å²) in [6.07, 6.45) is 0. The fourth-order valence-electron chi connectivity index (χ4n) is 1.77. The summed E-state index contributed by atoms with van der Waals surface area (Å²) in [6.45, 7) is 1.45. The van der Waals surface area contributed by atoms with Crippen molar-refractivity contribution in [3.05, 3.63) is 28.8 Å². The minimum absolute atomic E-state index is 0.478. The molecule has 1 aromatic rings. The normalized spacial score (nSPS) is 17.1. The second-order valence-corrected chi connectivity index (χ2v) is 5.68. The third-order valence-corrected chi connectivity index (χ3v) is 4.21. The van der Waals surface area contributed by atoms with E-state index in [1.165, 1.54) is 0 Å². The van der Waals surface area contributed by atoms with E-state index in [0.717, 1.165) is 18.8 Å². The van der Waals surface area contributed by atoms with Crippen LogP contribution in [0.25, 0.3) is 0 Å². The molecule has 16 heavy (non-hydrogen) atoms. The average molecular weight is 255 g/mol. The summed E-state index contributed by atoms with van der Waals surface area (Å²) in [7, 11) is -0.706. The third-order valence-electron chi connectivity index (χ3n) is 2.62. The van der Waals surface area contributed by atoms with Crippen LogP contribution in [0.1, 0.15) is 5.56 Å². The molecule has 1 aromatic carbocycles. The van der Waals surface area contributed by atoms with Gasteiger partial charge in [0.25, 0.3) is 0 Å². The Bertz CT molecular complexity index is 460. The van der Waals surface area contributed by atoms with Gasteiger partial charge in [0.05, 0.1) is 16.3 Å². The lowest BCUT2D eigenvalue weighted by Crippen LogP contribution is -2.38. The van der Waals surface area contributed by atoms with Crippen LogP contribution >= 0.6 is 11.6 Å². The minimum atomic E-state index is -0.706. The zero-order valence-electron chi connectivity index (χ0n) is 8.65. The highest BCUT2D eigenvalue weighted by Gasteiger charge is 2.18. The van der Waals surface area contributed by atoms with E-state index < -0.39 is 10.8 Å². The van der Waals surface area contributed by atoms with E-state index in [1.807, 2.05) is 12.1 Å². The predicted octanol–water partition coefficient (Wildman–Crippen LogP) is 1.78. The van der Waals surface area contributed by atoms with Crippen LogP contribution in [0.2, 0.25) is 5.02 Å². The van der Waals surface area contributed by atoms with Gasteiger partial charge >= 0.3 is 0 Å². The molecule has 2 rings (SSSR count). The maximum absolute atomic E-state index is 11.3. The molecule has 0 radical (unpaired) electrons. The molecule has 5 heteroatoms. The van der Waals surface area contributed by atoms with E-state index in [4.69, 9.17) is 16.9 Å². The number of benzene rings is 1. The first kappa shape index (κ1) is 11.4. The molecule has 1 heterocycles. The first-order chi connectivity index (χ1) is 7.72. The van der Waals surface area contributed by atoms with Gasteiger partial charge in [0.15, 0.2) is 0 Å². The Morgan fingerprint density at radius 1 is 1.38 bits per heavy atom. The van der Waals surface area contributed by atoms with Crippen LogP contribution in [0.4, 0.5) is 5.69 Å². The largest absolute Gasteiger partial charge is 0.369 e. The molecule has 0 unspecified atom stereocenters. The van der Waals surface area contributed by atoms with E-state index in [-0.39, 0.29) is 0 Å². The van der Waals surface area contributed by atoms with Crippen molar-refractivity contribution in [2.45, 2.75) is 0 Å². The van der Waals surface area contributed by atoms with Gasteiger partial charge in [-0.2, -0.15) is 5.26 Å². The topological polar surface area (TPSA) is 44.1 Å². The quantitative estimate of drug-likeness (QED) is 0.767. The smallest absolute Gasteiger partial charge is 0.103 e. The lowest BCUT2D eigenvalue weighted by Gasteiger charge is -2.29. The second kappa shape index (κ2) is 4.86. The van der Waals surface area contributed by atoms with Gasteiger partial charge in [-0.05, 0) is 12.1 Å². The lowest BCUT2D eigenvalue weighted by atomic mass is 10.1. The number of halogens is 1. The van der Waals surface area contributed by atoms with E-state index in [9.17, 15) is 4.21 Å². The summed E-state index contributed by atoms with van der Waals surface area (Å²) in [6, 6.07) is 7.56. The molecule has 1 fully saturated rings. The Morgan fingerprint density at radius 2 is 2.06 bits per heavy atom. The molecular weight excluding hydrogens is 244 g/mol. The van der Waals surface area contributed by atoms with Gasteiger partial charge in [0, 0.05) is 35.4 Å². The van der Waals surface area contributed by atoms with Crippen molar-refractivity contribution < 1.29 is 4.21 Å². The van der Waals surface area contributed by atoms with Crippen LogP contribution < -0.4 is 4.90 Å². The fourth-order valence-corrected chi connectivity index (χ4v) is 3.03. The van der Waals surface area contributed by atoms with Crippen LogP contribution in [0.5, 0.6) is 0 Å². The summed E-state index contributed by atoms with van der Waals surface area (Å²) < 4.78 is 11.3. The van der Waals surface area contributed by atoms with Crippen LogP contribution in [-0.4, -0.2) is 28.8 Å². The molecule has 1 aliphatic heterocycles. The van der Waals surface area contributed by atoms with Crippen molar-refractivity contribution in [1.29, 1.82) is 5.26 Å². The predicted molar refractivity (Wildman–Crippen MR) is 66.3 cm³/mol. The molecule has 3 nitrogen and oxygen atoms in total. The van der Waals surface area contributed by atoms with Crippen molar-refractivity contribution >= 4 is 28.1 Å². The van der Waals surface area contributed by atoms with Gasteiger partial charge in [-0.1, -0.05) is 17.7 Å². The molecule has 1 saturated heterocycles. The highest BCUT2D eigenvalue weighted by Crippen LogP contribution is 2.27. The van der Waals surface area contributed by atoms with E-state index in [2.05, 4.69) is 11.0 Å². The van der Waals surface area contributed by atoms with Gasteiger partial charge in [0.2, 0.25) is 0 Å². The van der Waals surface area contributed by atoms with Crippen LogP contribution in [-0.2, 0) is 10.8 Å². The SMILES string of the molecule is N#Cc1c(Cl)cccc1N1CCS(=O)CC1. The number of nitriles is 1. The van der Waals surface area contributed by atoms with Gasteiger partial charge < -0.3 is 4.90 Å². The highest BCUT2D eigenvalue weighted by molar-refractivity contribution is 7.85. The number of nitrogens with zero attached hydrogens (tertiary/aromatic N) is 2. The summed E-state index contributed by atoms with van der Waals surface area (Å²) in [5.41, 5.74) is 1.36. The van der Waals surface area contributed by atoms with Crippen LogP contribution in [0.15, 0.2) is 18.2 Å². The van der Waals surface area contributed by atoms with E-state index in [0.29, 0.717) is 22.1 Å². The van der Waals surface area contributed by atoms with Crippen molar-refractivity contribution in [3.8, 4) is 6.07 Å². The van der Waals surface area contributed by atoms with Crippen molar-refractivity contribution in [1.82, 2.24) is 0 Å². The van der Waals surface area contributed by atoms with Crippen molar-refractivity contribution in [3.63, 3.8) is 0 Å². The standard InChI is InChI=1S/C11H11ClN2OS/c12-10-2-1-3-11(9(10)8-13)14-4-6-16(15)7-5-14/h1-3H,4-7H2. The molecule has 0 atom stereocenters. The molecule has 0 aliphatic carbocycles. The number of anilines is 1. The highest BCUT2D eigenvalue weighted by atomic mass is 35.5. The zero-order chi connectivity index (χ0) is 11.5. The van der Waals surface area contributed by atoms with E-state index in [1.54, 1.807) is 6.07 Å². The first-order valence-electron chi connectivity index (χ1n) is 5.01. The Hall–Kier alpha value is -1.05. The summed E-state index contributed by atoms with van der Waals surface area (Å²) in [5, 5.41) is 9.54. The Balaban J connectivity index is 2.31. The molecular formula is C11H11ClN2OS. The van der Waals surface area contributed by atoms with Gasteiger partial charge in [-0.25, -0.2) is 0 Å². The molecule has 84 valence electrons. The zero-order valence-corrected chi connectivity index (χ0v) is 10.2. The Morgan fingerprint density at radius 3 is 2.69 bits per heavy atom. The van der Waals surface area contributed by atoms with Crippen molar-refractivity contribution in [2.75, 3.05) is 29.5 Å². The fraction of sp³-hybridized carbons (Fsp3) is 0.364. The first-order valence-corrected chi connectivity index (χ1v) is 6.87. The van der Waals surface area contributed by atoms with Gasteiger partial charge in [0.1, 0.15) is 6.07 Å². The summed E-state index contributed by atoms with van der Waals surface area (Å²) in [4.78, 5) is 2.08. The van der Waals surface area contributed by atoms with E-state index >= 15 is 0 Å². The molecule has 0 spiro atoms.